The first-order chi connectivity index (χ1) is 10.3. The van der Waals surface area contributed by atoms with E-state index in [2.05, 4.69) is 11.0 Å². The molecule has 0 spiro atoms. The smallest absolute Gasteiger partial charge is 0.340 e. The summed E-state index contributed by atoms with van der Waals surface area (Å²) in [5, 5.41) is 8.92. The Balaban J connectivity index is 1.86. The number of hydrogen-bond acceptors (Lipinski definition) is 4. The van der Waals surface area contributed by atoms with Gasteiger partial charge in [0, 0.05) is 24.6 Å². The fourth-order valence-electron chi connectivity index (χ4n) is 3.46. The van der Waals surface area contributed by atoms with Crippen LogP contribution in [0.4, 0.5) is 0 Å². The van der Waals surface area contributed by atoms with Crippen molar-refractivity contribution in [2.24, 2.45) is 0 Å². The van der Waals surface area contributed by atoms with Gasteiger partial charge in [0.15, 0.2) is 6.23 Å². The minimum atomic E-state index is -0.315. The van der Waals surface area contributed by atoms with Gasteiger partial charge < -0.3 is 4.74 Å². The molecule has 4 heteroatoms. The highest BCUT2D eigenvalue weighted by molar-refractivity contribution is 5.93. The van der Waals surface area contributed by atoms with Crippen LogP contribution in [0.25, 0.3) is 0 Å². The lowest BCUT2D eigenvalue weighted by Gasteiger charge is -2.37. The van der Waals surface area contributed by atoms with E-state index in [1.54, 1.807) is 0 Å². The molecule has 1 heterocycles. The largest absolute Gasteiger partial charge is 0.438 e. The van der Waals surface area contributed by atoms with Gasteiger partial charge in [0.1, 0.15) is 0 Å². The van der Waals surface area contributed by atoms with Gasteiger partial charge in [-0.05, 0) is 18.9 Å². The van der Waals surface area contributed by atoms with Crippen LogP contribution in [0.5, 0.6) is 0 Å². The lowest BCUT2D eigenvalue weighted by Crippen LogP contribution is -2.40. The van der Waals surface area contributed by atoms with Crippen molar-refractivity contribution in [2.45, 2.75) is 50.8 Å². The Morgan fingerprint density at radius 2 is 2.00 bits per heavy atom. The summed E-state index contributed by atoms with van der Waals surface area (Å²) in [5.41, 5.74) is 1.62. The highest BCUT2D eigenvalue weighted by Gasteiger charge is 2.38. The second-order valence-corrected chi connectivity index (χ2v) is 5.78. The van der Waals surface area contributed by atoms with Crippen molar-refractivity contribution in [3.8, 4) is 6.07 Å². The molecule has 0 amide bonds. The third-order valence-corrected chi connectivity index (χ3v) is 4.49. The standard InChI is InChI=1S/C17H20N2O2/c18-11-6-12-19(13-7-2-1-3-8-13)16-14-9-4-5-10-15(14)17(20)21-16/h4-5,9-10,13,16H,1-3,6-8,12H2. The number of cyclic esters (lactones) is 1. The average molecular weight is 284 g/mol. The van der Waals surface area contributed by atoms with Gasteiger partial charge in [0.25, 0.3) is 0 Å². The summed E-state index contributed by atoms with van der Waals surface area (Å²) in [6.45, 7) is 0.660. The van der Waals surface area contributed by atoms with Gasteiger partial charge in [0.2, 0.25) is 0 Å². The maximum Gasteiger partial charge on any atom is 0.340 e. The van der Waals surface area contributed by atoms with Crippen LogP contribution >= 0.6 is 0 Å². The van der Waals surface area contributed by atoms with Gasteiger partial charge in [-0.2, -0.15) is 5.26 Å². The van der Waals surface area contributed by atoms with Gasteiger partial charge in [-0.25, -0.2) is 4.79 Å². The summed E-state index contributed by atoms with van der Waals surface area (Å²) in [4.78, 5) is 14.3. The lowest BCUT2D eigenvalue weighted by molar-refractivity contribution is -0.0477. The molecule has 0 saturated heterocycles. The van der Waals surface area contributed by atoms with E-state index in [1.807, 2.05) is 24.3 Å². The van der Waals surface area contributed by atoms with Crippen molar-refractivity contribution in [2.75, 3.05) is 6.54 Å². The van der Waals surface area contributed by atoms with Crippen molar-refractivity contribution in [1.29, 1.82) is 5.26 Å². The number of carbonyl (C=O) groups is 1. The maximum absolute atomic E-state index is 12.0. The zero-order valence-corrected chi connectivity index (χ0v) is 12.1. The SMILES string of the molecule is N#CCCN(C1CCCCC1)C1OC(=O)c2ccccc21. The van der Waals surface area contributed by atoms with E-state index in [-0.39, 0.29) is 12.2 Å². The summed E-state index contributed by atoms with van der Waals surface area (Å²) in [6.07, 6.45) is 6.12. The molecule has 1 aromatic carbocycles. The molecular weight excluding hydrogens is 264 g/mol. The molecule has 21 heavy (non-hydrogen) atoms. The molecule has 1 saturated carbocycles. The number of nitrogens with zero attached hydrogens (tertiary/aromatic N) is 2. The Morgan fingerprint density at radius 1 is 1.24 bits per heavy atom. The molecule has 1 aliphatic carbocycles. The van der Waals surface area contributed by atoms with Crippen LogP contribution in [0.2, 0.25) is 0 Å². The van der Waals surface area contributed by atoms with Gasteiger partial charge in [-0.15, -0.1) is 0 Å². The van der Waals surface area contributed by atoms with E-state index in [0.717, 1.165) is 18.4 Å². The Bertz CT molecular complexity index is 558. The Hall–Kier alpha value is -1.86. The van der Waals surface area contributed by atoms with Gasteiger partial charge in [0.05, 0.1) is 11.6 Å². The number of carbonyl (C=O) groups excluding carboxylic acids is 1. The second kappa shape index (κ2) is 6.28. The molecule has 1 aromatic rings. The molecule has 2 aliphatic rings. The lowest BCUT2D eigenvalue weighted by atomic mass is 9.93. The molecule has 0 aromatic heterocycles. The van der Waals surface area contributed by atoms with Gasteiger partial charge in [-0.3, -0.25) is 4.90 Å². The minimum Gasteiger partial charge on any atom is -0.438 e. The van der Waals surface area contributed by atoms with E-state index < -0.39 is 0 Å². The monoisotopic (exact) mass is 284 g/mol. The minimum absolute atomic E-state index is 0.242. The highest BCUT2D eigenvalue weighted by Crippen LogP contribution is 2.37. The van der Waals surface area contributed by atoms with Crippen molar-refractivity contribution in [1.82, 2.24) is 4.90 Å². The van der Waals surface area contributed by atoms with E-state index >= 15 is 0 Å². The number of hydrogen-bond donors (Lipinski definition) is 0. The number of nitriles is 1. The summed E-state index contributed by atoms with van der Waals surface area (Å²) >= 11 is 0. The second-order valence-electron chi connectivity index (χ2n) is 5.78. The normalized spacial score (nSPS) is 21.9. The molecule has 4 nitrogen and oxygen atoms in total. The predicted octanol–water partition coefficient (Wildman–Crippen LogP) is 3.40. The van der Waals surface area contributed by atoms with E-state index in [0.29, 0.717) is 24.6 Å². The maximum atomic E-state index is 12.0. The van der Waals surface area contributed by atoms with E-state index in [9.17, 15) is 4.79 Å². The van der Waals surface area contributed by atoms with Crippen molar-refractivity contribution in [3.05, 3.63) is 35.4 Å². The third-order valence-electron chi connectivity index (χ3n) is 4.49. The van der Waals surface area contributed by atoms with E-state index in [1.165, 1.54) is 19.3 Å². The van der Waals surface area contributed by atoms with Crippen LogP contribution in [0, 0.1) is 11.3 Å². The zero-order valence-electron chi connectivity index (χ0n) is 12.1. The highest BCUT2D eigenvalue weighted by atomic mass is 16.6. The Morgan fingerprint density at radius 3 is 2.76 bits per heavy atom. The van der Waals surface area contributed by atoms with Crippen LogP contribution in [-0.2, 0) is 4.74 Å². The average Bonchev–Trinajstić information content (AvgIpc) is 2.87. The van der Waals surface area contributed by atoms with Crippen LogP contribution in [0.3, 0.4) is 0 Å². The Kier molecular flexibility index (Phi) is 4.21. The first-order valence-electron chi connectivity index (χ1n) is 7.74. The molecule has 3 rings (SSSR count). The van der Waals surface area contributed by atoms with Crippen LogP contribution < -0.4 is 0 Å². The van der Waals surface area contributed by atoms with Crippen molar-refractivity contribution in [3.63, 3.8) is 0 Å². The van der Waals surface area contributed by atoms with Crippen molar-refractivity contribution < 1.29 is 9.53 Å². The van der Waals surface area contributed by atoms with Gasteiger partial charge in [-0.1, -0.05) is 37.5 Å². The summed E-state index contributed by atoms with van der Waals surface area (Å²) in [6, 6.07) is 10.2. The number of fused-ring (bicyclic) bond motifs is 1. The van der Waals surface area contributed by atoms with E-state index in [4.69, 9.17) is 10.00 Å². The van der Waals surface area contributed by atoms with Gasteiger partial charge >= 0.3 is 5.97 Å². The third kappa shape index (κ3) is 2.79. The molecular formula is C17H20N2O2. The molecule has 1 unspecified atom stereocenters. The molecule has 1 aliphatic heterocycles. The number of benzene rings is 1. The fourth-order valence-corrected chi connectivity index (χ4v) is 3.46. The zero-order chi connectivity index (χ0) is 14.7. The first kappa shape index (κ1) is 14.1. The molecule has 1 fully saturated rings. The summed E-state index contributed by atoms with van der Waals surface area (Å²) < 4.78 is 5.62. The Labute approximate surface area is 125 Å². The fraction of sp³-hybridized carbons (Fsp3) is 0.529. The number of esters is 1. The topological polar surface area (TPSA) is 53.3 Å². The first-order valence-corrected chi connectivity index (χ1v) is 7.74. The molecule has 110 valence electrons. The number of ether oxygens (including phenoxy) is 1. The van der Waals surface area contributed by atoms with Crippen LogP contribution in [-0.4, -0.2) is 23.5 Å². The molecule has 1 atom stereocenters. The predicted molar refractivity (Wildman–Crippen MR) is 78.4 cm³/mol. The summed E-state index contributed by atoms with van der Waals surface area (Å²) in [5.74, 6) is -0.242. The molecule has 0 radical (unpaired) electrons. The van der Waals surface area contributed by atoms with Crippen molar-refractivity contribution >= 4 is 5.97 Å². The van der Waals surface area contributed by atoms with Crippen LogP contribution in [0.1, 0.15) is 60.7 Å². The van der Waals surface area contributed by atoms with Crippen LogP contribution in [0.15, 0.2) is 24.3 Å². The number of rotatable bonds is 4. The quantitative estimate of drug-likeness (QED) is 0.795. The molecule has 0 N–H and O–H groups in total. The summed E-state index contributed by atoms with van der Waals surface area (Å²) in [7, 11) is 0. The molecule has 0 bridgehead atoms.